The van der Waals surface area contributed by atoms with E-state index in [1.54, 1.807) is 6.26 Å². The van der Waals surface area contributed by atoms with Crippen LogP contribution < -0.4 is 5.32 Å². The minimum atomic E-state index is 0. The number of aryl methyl sites for hydroxylation is 1. The van der Waals surface area contributed by atoms with E-state index in [0.29, 0.717) is 0 Å². The summed E-state index contributed by atoms with van der Waals surface area (Å²) in [6.45, 7) is 5.63. The van der Waals surface area contributed by atoms with E-state index >= 15 is 0 Å². The molecular weight excluding hydrogens is 477 g/mol. The van der Waals surface area contributed by atoms with Crippen LogP contribution in [0.2, 0.25) is 5.02 Å². The molecule has 3 rings (SSSR count). The van der Waals surface area contributed by atoms with Crippen molar-refractivity contribution in [2.45, 2.75) is 19.4 Å². The fourth-order valence-electron chi connectivity index (χ4n) is 3.18. The molecule has 148 valence electrons. The summed E-state index contributed by atoms with van der Waals surface area (Å²) in [5.41, 5.74) is 2.19. The molecule has 1 fully saturated rings. The van der Waals surface area contributed by atoms with Gasteiger partial charge in [-0.25, -0.2) is 0 Å². The summed E-state index contributed by atoms with van der Waals surface area (Å²) < 4.78 is 4.90. The maximum atomic E-state index is 6.21. The molecule has 2 aromatic rings. The Morgan fingerprint density at radius 2 is 2.00 bits per heavy atom. The standard InChI is InChI=1S/C19H26ClN5O.HI/c1-21-19(22-9-4-6-16-5-2-3-7-18(16)20)25-12-10-24(11-13-25)15-17-8-14-26-23-17;/h2-3,5,7-8,14H,4,6,9-13,15H2,1H3,(H,21,22);1H. The van der Waals surface area contributed by atoms with Crippen LogP contribution in [0.1, 0.15) is 17.7 Å². The first-order chi connectivity index (χ1) is 12.8. The Kier molecular flexibility index (Phi) is 9.36. The van der Waals surface area contributed by atoms with E-state index in [1.165, 1.54) is 5.56 Å². The van der Waals surface area contributed by atoms with Gasteiger partial charge in [0.15, 0.2) is 5.96 Å². The Morgan fingerprint density at radius 3 is 2.67 bits per heavy atom. The number of halogens is 2. The van der Waals surface area contributed by atoms with Crippen LogP contribution in [0, 0.1) is 0 Å². The van der Waals surface area contributed by atoms with Crippen molar-refractivity contribution < 1.29 is 4.52 Å². The van der Waals surface area contributed by atoms with Gasteiger partial charge in [-0.15, -0.1) is 24.0 Å². The molecule has 2 heterocycles. The van der Waals surface area contributed by atoms with Crippen molar-refractivity contribution in [1.29, 1.82) is 0 Å². The smallest absolute Gasteiger partial charge is 0.193 e. The second-order valence-electron chi connectivity index (χ2n) is 6.42. The van der Waals surface area contributed by atoms with Gasteiger partial charge >= 0.3 is 0 Å². The fourth-order valence-corrected chi connectivity index (χ4v) is 3.41. The minimum Gasteiger partial charge on any atom is -0.364 e. The van der Waals surface area contributed by atoms with Crippen molar-refractivity contribution in [3.05, 3.63) is 52.9 Å². The molecule has 27 heavy (non-hydrogen) atoms. The van der Waals surface area contributed by atoms with Gasteiger partial charge in [0.25, 0.3) is 0 Å². The van der Waals surface area contributed by atoms with E-state index < -0.39 is 0 Å². The molecule has 0 spiro atoms. The van der Waals surface area contributed by atoms with Gasteiger partial charge < -0.3 is 14.7 Å². The van der Waals surface area contributed by atoms with Gasteiger partial charge in [0.05, 0.1) is 5.69 Å². The number of hydrogen-bond donors (Lipinski definition) is 1. The number of nitrogens with one attached hydrogen (secondary N) is 1. The van der Waals surface area contributed by atoms with Gasteiger partial charge in [0.2, 0.25) is 0 Å². The van der Waals surface area contributed by atoms with Crippen LogP contribution in [0.3, 0.4) is 0 Å². The molecule has 1 aliphatic heterocycles. The number of guanidine groups is 1. The highest BCUT2D eigenvalue weighted by Crippen LogP contribution is 2.16. The first-order valence-electron chi connectivity index (χ1n) is 9.07. The van der Waals surface area contributed by atoms with E-state index in [-0.39, 0.29) is 24.0 Å². The van der Waals surface area contributed by atoms with Gasteiger partial charge in [-0.05, 0) is 24.5 Å². The van der Waals surface area contributed by atoms with Crippen LogP contribution >= 0.6 is 35.6 Å². The first-order valence-corrected chi connectivity index (χ1v) is 9.44. The van der Waals surface area contributed by atoms with E-state index in [2.05, 4.69) is 31.3 Å². The van der Waals surface area contributed by atoms with Crippen LogP contribution in [0.15, 0.2) is 46.1 Å². The number of aliphatic imine (C=N–C) groups is 1. The Balaban J connectivity index is 0.00000261. The number of benzene rings is 1. The van der Waals surface area contributed by atoms with Crippen molar-refractivity contribution in [3.8, 4) is 0 Å². The SMILES string of the molecule is CN=C(NCCCc1ccccc1Cl)N1CCN(Cc2ccon2)CC1.I. The molecule has 1 aromatic carbocycles. The minimum absolute atomic E-state index is 0. The summed E-state index contributed by atoms with van der Waals surface area (Å²) in [5, 5.41) is 8.31. The average Bonchev–Trinajstić information content (AvgIpc) is 3.17. The van der Waals surface area contributed by atoms with Crippen LogP contribution in [-0.2, 0) is 13.0 Å². The quantitative estimate of drug-likeness (QED) is 0.284. The lowest BCUT2D eigenvalue weighted by atomic mass is 10.1. The average molecular weight is 504 g/mol. The maximum Gasteiger partial charge on any atom is 0.193 e. The van der Waals surface area contributed by atoms with Crippen LogP contribution in [-0.4, -0.2) is 60.7 Å². The van der Waals surface area contributed by atoms with E-state index in [1.807, 2.05) is 31.3 Å². The lowest BCUT2D eigenvalue weighted by Crippen LogP contribution is -2.52. The van der Waals surface area contributed by atoms with Crippen molar-refractivity contribution in [2.24, 2.45) is 4.99 Å². The zero-order valence-corrected chi connectivity index (χ0v) is 18.7. The van der Waals surface area contributed by atoms with Gasteiger partial charge in [-0.2, -0.15) is 0 Å². The Morgan fingerprint density at radius 1 is 1.22 bits per heavy atom. The topological polar surface area (TPSA) is 56.9 Å². The summed E-state index contributed by atoms with van der Waals surface area (Å²) in [5.74, 6) is 0.977. The summed E-state index contributed by atoms with van der Waals surface area (Å²) in [7, 11) is 1.85. The molecule has 1 N–H and O–H groups in total. The molecule has 0 aliphatic carbocycles. The summed E-state index contributed by atoms with van der Waals surface area (Å²) in [6, 6.07) is 9.96. The molecular formula is C19H27ClIN5O. The van der Waals surface area contributed by atoms with Gasteiger partial charge in [-0.3, -0.25) is 9.89 Å². The highest BCUT2D eigenvalue weighted by Gasteiger charge is 2.20. The van der Waals surface area contributed by atoms with Crippen molar-refractivity contribution in [1.82, 2.24) is 20.3 Å². The van der Waals surface area contributed by atoms with E-state index in [0.717, 1.165) is 68.8 Å². The number of nitrogens with zero attached hydrogens (tertiary/aromatic N) is 4. The monoisotopic (exact) mass is 503 g/mol. The highest BCUT2D eigenvalue weighted by molar-refractivity contribution is 14.0. The van der Waals surface area contributed by atoms with Crippen molar-refractivity contribution >= 4 is 41.5 Å². The molecule has 1 saturated heterocycles. The molecule has 0 amide bonds. The van der Waals surface area contributed by atoms with Gasteiger partial charge in [0.1, 0.15) is 6.26 Å². The third-order valence-electron chi connectivity index (χ3n) is 4.62. The summed E-state index contributed by atoms with van der Waals surface area (Å²) >= 11 is 6.21. The normalized spacial score (nSPS) is 15.5. The summed E-state index contributed by atoms with van der Waals surface area (Å²) in [6.07, 6.45) is 3.62. The van der Waals surface area contributed by atoms with Crippen molar-refractivity contribution in [2.75, 3.05) is 39.8 Å². The molecule has 6 nitrogen and oxygen atoms in total. The largest absolute Gasteiger partial charge is 0.364 e. The van der Waals surface area contributed by atoms with Crippen molar-refractivity contribution in [3.63, 3.8) is 0 Å². The molecule has 8 heteroatoms. The fraction of sp³-hybridized carbons (Fsp3) is 0.474. The maximum absolute atomic E-state index is 6.21. The zero-order valence-electron chi connectivity index (χ0n) is 15.6. The molecule has 0 atom stereocenters. The number of hydrogen-bond acceptors (Lipinski definition) is 4. The number of rotatable bonds is 6. The van der Waals surface area contributed by atoms with Crippen LogP contribution in [0.25, 0.3) is 0 Å². The van der Waals surface area contributed by atoms with Crippen LogP contribution in [0.4, 0.5) is 0 Å². The Hall–Kier alpha value is -1.32. The third-order valence-corrected chi connectivity index (χ3v) is 4.99. The second kappa shape index (κ2) is 11.5. The molecule has 0 radical (unpaired) electrons. The lowest BCUT2D eigenvalue weighted by Gasteiger charge is -2.36. The molecule has 1 aliphatic rings. The molecule has 0 bridgehead atoms. The first kappa shape index (κ1) is 22.0. The number of piperazine rings is 1. The zero-order chi connectivity index (χ0) is 18.2. The molecule has 0 unspecified atom stereocenters. The third kappa shape index (κ3) is 6.65. The van der Waals surface area contributed by atoms with E-state index in [9.17, 15) is 0 Å². The van der Waals surface area contributed by atoms with Crippen LogP contribution in [0.5, 0.6) is 0 Å². The predicted molar refractivity (Wildman–Crippen MR) is 120 cm³/mol. The Labute approximate surface area is 183 Å². The highest BCUT2D eigenvalue weighted by atomic mass is 127. The number of aromatic nitrogens is 1. The second-order valence-corrected chi connectivity index (χ2v) is 6.83. The molecule has 0 saturated carbocycles. The van der Waals surface area contributed by atoms with E-state index in [4.69, 9.17) is 16.1 Å². The predicted octanol–water partition coefficient (Wildman–Crippen LogP) is 3.27. The van der Waals surface area contributed by atoms with Gasteiger partial charge in [0, 0.05) is 57.4 Å². The lowest BCUT2D eigenvalue weighted by molar-refractivity contribution is 0.169. The summed E-state index contributed by atoms with van der Waals surface area (Å²) in [4.78, 5) is 9.14. The molecule has 1 aromatic heterocycles. The Bertz CT molecular complexity index is 702. The van der Waals surface area contributed by atoms with Gasteiger partial charge in [-0.1, -0.05) is 35.0 Å².